The Bertz CT molecular complexity index is 289. The smallest absolute Gasteiger partial charge is 0.321 e. The van der Waals surface area contributed by atoms with Gasteiger partial charge in [-0.1, -0.05) is 27.7 Å². The molecule has 0 aliphatic carbocycles. The Morgan fingerprint density at radius 3 is 2.68 bits per heavy atom. The van der Waals surface area contributed by atoms with Gasteiger partial charge in [-0.2, -0.15) is 0 Å². The quantitative estimate of drug-likeness (QED) is 0.723. The van der Waals surface area contributed by atoms with Crippen LogP contribution in [0.1, 0.15) is 47.0 Å². The minimum absolute atomic E-state index is 0.151. The highest BCUT2D eigenvalue weighted by Gasteiger charge is 2.42. The van der Waals surface area contributed by atoms with Crippen LogP contribution in [-0.4, -0.2) is 48.3 Å². The third-order valence-electron chi connectivity index (χ3n) is 3.97. The third kappa shape index (κ3) is 5.11. The van der Waals surface area contributed by atoms with Gasteiger partial charge in [0.15, 0.2) is 0 Å². The summed E-state index contributed by atoms with van der Waals surface area (Å²) in [6, 6.07) is -0.380. The van der Waals surface area contributed by atoms with Crippen molar-refractivity contribution in [2.24, 2.45) is 11.3 Å². The summed E-state index contributed by atoms with van der Waals surface area (Å²) in [6.07, 6.45) is 3.12. The van der Waals surface area contributed by atoms with Crippen molar-refractivity contribution in [1.82, 2.24) is 4.90 Å². The second-order valence-corrected chi connectivity index (χ2v) is 6.66. The molecule has 1 heterocycles. The van der Waals surface area contributed by atoms with Crippen LogP contribution >= 0.6 is 0 Å². The van der Waals surface area contributed by atoms with Crippen LogP contribution in [0.3, 0.4) is 0 Å². The molecule has 0 spiro atoms. The molecule has 0 aromatic rings. The van der Waals surface area contributed by atoms with Gasteiger partial charge in [-0.15, -0.1) is 0 Å². The molecule has 1 rings (SSSR count). The number of hydrogen-bond acceptors (Lipinski definition) is 3. The zero-order valence-corrected chi connectivity index (χ0v) is 12.8. The zero-order valence-electron chi connectivity index (χ0n) is 12.8. The van der Waals surface area contributed by atoms with E-state index in [0.29, 0.717) is 12.5 Å². The first kappa shape index (κ1) is 16.4. The fraction of sp³-hybridized carbons (Fsp3) is 0.933. The lowest BCUT2D eigenvalue weighted by Crippen LogP contribution is -2.54. The lowest BCUT2D eigenvalue weighted by molar-refractivity contribution is -0.151. The minimum atomic E-state index is -0.702. The third-order valence-corrected chi connectivity index (χ3v) is 3.97. The molecule has 4 heteroatoms. The van der Waals surface area contributed by atoms with E-state index >= 15 is 0 Å². The topological polar surface area (TPSA) is 49.8 Å². The lowest BCUT2D eigenvalue weighted by atomic mass is 9.76. The molecule has 19 heavy (non-hydrogen) atoms. The Morgan fingerprint density at radius 1 is 1.42 bits per heavy atom. The molecule has 1 saturated heterocycles. The van der Waals surface area contributed by atoms with Crippen LogP contribution in [0.2, 0.25) is 0 Å². The summed E-state index contributed by atoms with van der Waals surface area (Å²) >= 11 is 0. The maximum absolute atomic E-state index is 11.5. The van der Waals surface area contributed by atoms with Gasteiger partial charge in [0.25, 0.3) is 0 Å². The number of rotatable bonds is 7. The molecule has 112 valence electrons. The zero-order chi connectivity index (χ0) is 14.5. The van der Waals surface area contributed by atoms with Crippen LogP contribution in [-0.2, 0) is 9.53 Å². The normalized spacial score (nSPS) is 23.7. The van der Waals surface area contributed by atoms with Crippen LogP contribution in [0, 0.1) is 11.3 Å². The summed E-state index contributed by atoms with van der Waals surface area (Å²) in [5.74, 6) is -0.0485. The number of aliphatic carboxylic acids is 1. The van der Waals surface area contributed by atoms with E-state index in [2.05, 4.69) is 32.6 Å². The molecule has 1 N–H and O–H groups in total. The number of carbonyl (C=O) groups is 1. The molecule has 4 nitrogen and oxygen atoms in total. The van der Waals surface area contributed by atoms with E-state index < -0.39 is 5.97 Å². The van der Waals surface area contributed by atoms with Crippen molar-refractivity contribution >= 4 is 5.97 Å². The van der Waals surface area contributed by atoms with E-state index in [0.717, 1.165) is 39.0 Å². The predicted molar refractivity (Wildman–Crippen MR) is 76.3 cm³/mol. The minimum Gasteiger partial charge on any atom is -0.480 e. The van der Waals surface area contributed by atoms with Crippen LogP contribution in [0.5, 0.6) is 0 Å². The second kappa shape index (κ2) is 7.25. The van der Waals surface area contributed by atoms with Gasteiger partial charge in [0, 0.05) is 13.2 Å². The van der Waals surface area contributed by atoms with Gasteiger partial charge in [0.2, 0.25) is 0 Å². The van der Waals surface area contributed by atoms with Crippen LogP contribution < -0.4 is 0 Å². The van der Waals surface area contributed by atoms with E-state index in [1.165, 1.54) is 0 Å². The fourth-order valence-corrected chi connectivity index (χ4v) is 2.83. The molecule has 0 aromatic carbocycles. The van der Waals surface area contributed by atoms with Gasteiger partial charge >= 0.3 is 5.97 Å². The monoisotopic (exact) mass is 271 g/mol. The number of carboxylic acids is 1. The van der Waals surface area contributed by atoms with Gasteiger partial charge < -0.3 is 9.84 Å². The maximum atomic E-state index is 11.5. The van der Waals surface area contributed by atoms with E-state index in [1.54, 1.807) is 0 Å². The van der Waals surface area contributed by atoms with Crippen molar-refractivity contribution in [3.05, 3.63) is 0 Å². The SMILES string of the molecule is CC(C)CCOCCN1CCCC(C)(C)C1C(=O)O. The number of nitrogens with zero attached hydrogens (tertiary/aromatic N) is 1. The summed E-state index contributed by atoms with van der Waals surface area (Å²) in [6.45, 7) is 11.5. The highest BCUT2D eigenvalue weighted by molar-refractivity contribution is 5.74. The first-order valence-corrected chi connectivity index (χ1v) is 7.39. The van der Waals surface area contributed by atoms with Gasteiger partial charge in [-0.3, -0.25) is 9.69 Å². The van der Waals surface area contributed by atoms with Gasteiger partial charge in [-0.05, 0) is 37.1 Å². The molecule has 1 aliphatic rings. The lowest BCUT2D eigenvalue weighted by Gasteiger charge is -2.44. The molecule has 0 radical (unpaired) electrons. The van der Waals surface area contributed by atoms with Gasteiger partial charge in [-0.25, -0.2) is 0 Å². The maximum Gasteiger partial charge on any atom is 0.321 e. The van der Waals surface area contributed by atoms with Crippen molar-refractivity contribution in [3.63, 3.8) is 0 Å². The molecular weight excluding hydrogens is 242 g/mol. The highest BCUT2D eigenvalue weighted by atomic mass is 16.5. The Hall–Kier alpha value is -0.610. The van der Waals surface area contributed by atoms with Crippen LogP contribution in [0.25, 0.3) is 0 Å². The van der Waals surface area contributed by atoms with Crippen molar-refractivity contribution in [2.45, 2.75) is 53.0 Å². The number of likely N-dealkylation sites (tertiary alicyclic amines) is 1. The van der Waals surface area contributed by atoms with Gasteiger partial charge in [0.05, 0.1) is 6.61 Å². The Labute approximate surface area is 117 Å². The van der Waals surface area contributed by atoms with E-state index in [9.17, 15) is 9.90 Å². The molecule has 0 bridgehead atoms. The molecule has 0 amide bonds. The number of hydrogen-bond donors (Lipinski definition) is 1. The van der Waals surface area contributed by atoms with Crippen LogP contribution in [0.15, 0.2) is 0 Å². The molecule has 1 fully saturated rings. The first-order valence-electron chi connectivity index (χ1n) is 7.39. The summed E-state index contributed by atoms with van der Waals surface area (Å²) < 4.78 is 5.61. The molecule has 1 aliphatic heterocycles. The summed E-state index contributed by atoms with van der Waals surface area (Å²) in [5, 5.41) is 9.44. The summed E-state index contributed by atoms with van der Waals surface area (Å²) in [4.78, 5) is 13.5. The molecule has 1 atom stereocenters. The number of ether oxygens (including phenoxy) is 1. The summed E-state index contributed by atoms with van der Waals surface area (Å²) in [7, 11) is 0. The predicted octanol–water partition coefficient (Wildman–Crippen LogP) is 2.62. The van der Waals surface area contributed by atoms with Crippen LogP contribution in [0.4, 0.5) is 0 Å². The largest absolute Gasteiger partial charge is 0.480 e. The standard InChI is InChI=1S/C15H29NO3/c1-12(2)6-10-19-11-9-16-8-5-7-15(3,4)13(16)14(17)18/h12-13H,5-11H2,1-4H3,(H,17,18). The van der Waals surface area contributed by atoms with E-state index in [-0.39, 0.29) is 11.5 Å². The van der Waals surface area contributed by atoms with Crippen molar-refractivity contribution in [2.75, 3.05) is 26.3 Å². The summed E-state index contributed by atoms with van der Waals surface area (Å²) in [5.41, 5.74) is -0.151. The molecule has 0 aromatic heterocycles. The first-order chi connectivity index (χ1) is 8.84. The molecule has 0 saturated carbocycles. The van der Waals surface area contributed by atoms with E-state index in [1.807, 2.05) is 0 Å². The Kier molecular flexibility index (Phi) is 6.27. The van der Waals surface area contributed by atoms with Crippen molar-refractivity contribution in [3.8, 4) is 0 Å². The fourth-order valence-electron chi connectivity index (χ4n) is 2.83. The highest BCUT2D eigenvalue weighted by Crippen LogP contribution is 2.35. The molecular formula is C15H29NO3. The average molecular weight is 271 g/mol. The van der Waals surface area contributed by atoms with Crippen molar-refractivity contribution in [1.29, 1.82) is 0 Å². The number of piperidine rings is 1. The Balaban J connectivity index is 2.40. The molecule has 1 unspecified atom stereocenters. The second-order valence-electron chi connectivity index (χ2n) is 6.66. The van der Waals surface area contributed by atoms with E-state index in [4.69, 9.17) is 4.74 Å². The average Bonchev–Trinajstić information content (AvgIpc) is 2.26. The number of carboxylic acid groups (broad SMARTS) is 1. The van der Waals surface area contributed by atoms with Gasteiger partial charge in [0.1, 0.15) is 6.04 Å². The Morgan fingerprint density at radius 2 is 2.11 bits per heavy atom. The van der Waals surface area contributed by atoms with Crippen molar-refractivity contribution < 1.29 is 14.6 Å².